The van der Waals surface area contributed by atoms with Crippen LogP contribution in [0.3, 0.4) is 0 Å². The standard InChI is InChI=1S/C18H27NO3/c1-13(2)11-15-16(18(15,3)4)17(20)19(8-10-21-5)12-14-7-6-9-22-14/h6-7,9,11,15-16H,8,10,12H2,1-5H3. The summed E-state index contributed by atoms with van der Waals surface area (Å²) in [6.07, 6.45) is 3.87. The van der Waals surface area contributed by atoms with Crippen LogP contribution in [0.1, 0.15) is 33.5 Å². The number of methoxy groups -OCH3 is 1. The summed E-state index contributed by atoms with van der Waals surface area (Å²) in [5.41, 5.74) is 1.30. The Kier molecular flexibility index (Phi) is 5.12. The smallest absolute Gasteiger partial charge is 0.227 e. The molecule has 0 N–H and O–H groups in total. The molecule has 1 aromatic rings. The first kappa shape index (κ1) is 16.8. The van der Waals surface area contributed by atoms with Gasteiger partial charge in [0.1, 0.15) is 5.76 Å². The Morgan fingerprint density at radius 3 is 2.73 bits per heavy atom. The van der Waals surface area contributed by atoms with Gasteiger partial charge in [-0.05, 0) is 37.3 Å². The van der Waals surface area contributed by atoms with Crippen molar-refractivity contribution in [2.75, 3.05) is 20.3 Å². The second-order valence-electron chi connectivity index (χ2n) is 6.90. The number of carbonyl (C=O) groups is 1. The lowest BCUT2D eigenvalue weighted by atomic mass is 10.1. The van der Waals surface area contributed by atoms with Crippen molar-refractivity contribution in [1.82, 2.24) is 4.90 Å². The van der Waals surface area contributed by atoms with E-state index in [0.29, 0.717) is 25.6 Å². The van der Waals surface area contributed by atoms with Crippen molar-refractivity contribution >= 4 is 5.91 Å². The van der Waals surface area contributed by atoms with Crippen LogP contribution in [0.4, 0.5) is 0 Å². The first-order valence-electron chi connectivity index (χ1n) is 7.83. The molecule has 1 aliphatic rings. The van der Waals surface area contributed by atoms with Crippen molar-refractivity contribution in [3.63, 3.8) is 0 Å². The molecule has 0 spiro atoms. The zero-order chi connectivity index (χ0) is 16.3. The summed E-state index contributed by atoms with van der Waals surface area (Å²) in [6.45, 7) is 10.1. The Labute approximate surface area is 133 Å². The monoisotopic (exact) mass is 305 g/mol. The third-order valence-electron chi connectivity index (χ3n) is 4.49. The summed E-state index contributed by atoms with van der Waals surface area (Å²) in [5.74, 6) is 1.38. The average molecular weight is 305 g/mol. The molecule has 1 fully saturated rings. The number of rotatable bonds is 7. The van der Waals surface area contributed by atoms with E-state index in [1.54, 1.807) is 13.4 Å². The largest absolute Gasteiger partial charge is 0.467 e. The highest BCUT2D eigenvalue weighted by atomic mass is 16.5. The quantitative estimate of drug-likeness (QED) is 0.724. The second-order valence-corrected chi connectivity index (χ2v) is 6.90. The molecule has 1 aromatic heterocycles. The fraction of sp³-hybridized carbons (Fsp3) is 0.611. The van der Waals surface area contributed by atoms with E-state index in [4.69, 9.17) is 9.15 Å². The molecule has 0 radical (unpaired) electrons. The molecule has 1 amide bonds. The van der Waals surface area contributed by atoms with Crippen LogP contribution < -0.4 is 0 Å². The normalized spacial score (nSPS) is 22.2. The van der Waals surface area contributed by atoms with Gasteiger partial charge in [-0.25, -0.2) is 0 Å². The molecule has 22 heavy (non-hydrogen) atoms. The Morgan fingerprint density at radius 2 is 2.18 bits per heavy atom. The van der Waals surface area contributed by atoms with Crippen molar-refractivity contribution in [2.24, 2.45) is 17.3 Å². The van der Waals surface area contributed by atoms with E-state index in [2.05, 4.69) is 33.8 Å². The van der Waals surface area contributed by atoms with Gasteiger partial charge in [0.25, 0.3) is 0 Å². The molecule has 0 aliphatic heterocycles. The third-order valence-corrected chi connectivity index (χ3v) is 4.49. The molecular formula is C18H27NO3. The minimum atomic E-state index is 0.0306. The predicted molar refractivity (Wildman–Crippen MR) is 86.2 cm³/mol. The van der Waals surface area contributed by atoms with Crippen LogP contribution >= 0.6 is 0 Å². The fourth-order valence-corrected chi connectivity index (χ4v) is 3.08. The highest BCUT2D eigenvalue weighted by molar-refractivity contribution is 5.83. The van der Waals surface area contributed by atoms with Gasteiger partial charge in [-0.1, -0.05) is 25.5 Å². The topological polar surface area (TPSA) is 42.7 Å². The van der Waals surface area contributed by atoms with Crippen LogP contribution in [0.2, 0.25) is 0 Å². The Balaban J connectivity index is 2.10. The predicted octanol–water partition coefficient (Wildman–Crippen LogP) is 3.49. The highest BCUT2D eigenvalue weighted by Crippen LogP contribution is 2.60. The molecule has 0 bridgehead atoms. The van der Waals surface area contributed by atoms with E-state index in [0.717, 1.165) is 5.76 Å². The lowest BCUT2D eigenvalue weighted by Crippen LogP contribution is -2.35. The lowest BCUT2D eigenvalue weighted by Gasteiger charge is -2.22. The molecule has 0 saturated heterocycles. The molecule has 122 valence electrons. The number of allylic oxidation sites excluding steroid dienone is 2. The van der Waals surface area contributed by atoms with Crippen LogP contribution in [0.25, 0.3) is 0 Å². The number of hydrogen-bond acceptors (Lipinski definition) is 3. The molecule has 2 rings (SSSR count). The maximum atomic E-state index is 12.9. The van der Waals surface area contributed by atoms with Gasteiger partial charge < -0.3 is 14.1 Å². The summed E-state index contributed by atoms with van der Waals surface area (Å²) in [7, 11) is 1.66. The molecule has 1 heterocycles. The molecule has 0 aromatic carbocycles. The van der Waals surface area contributed by atoms with Crippen molar-refractivity contribution in [3.8, 4) is 0 Å². The fourth-order valence-electron chi connectivity index (χ4n) is 3.08. The van der Waals surface area contributed by atoms with E-state index in [1.807, 2.05) is 17.0 Å². The van der Waals surface area contributed by atoms with Crippen LogP contribution in [-0.4, -0.2) is 31.1 Å². The Bertz CT molecular complexity index is 527. The summed E-state index contributed by atoms with van der Waals surface area (Å²) in [6, 6.07) is 3.75. The highest BCUT2D eigenvalue weighted by Gasteiger charge is 2.61. The zero-order valence-corrected chi connectivity index (χ0v) is 14.3. The van der Waals surface area contributed by atoms with Crippen LogP contribution in [-0.2, 0) is 16.1 Å². The maximum absolute atomic E-state index is 12.9. The van der Waals surface area contributed by atoms with E-state index in [-0.39, 0.29) is 17.2 Å². The molecule has 2 unspecified atom stereocenters. The minimum absolute atomic E-state index is 0.0306. The third kappa shape index (κ3) is 3.61. The van der Waals surface area contributed by atoms with Gasteiger partial charge in [-0.3, -0.25) is 4.79 Å². The molecule has 4 heteroatoms. The lowest BCUT2D eigenvalue weighted by molar-refractivity contribution is -0.135. The zero-order valence-electron chi connectivity index (χ0n) is 14.3. The number of ether oxygens (including phenoxy) is 1. The SMILES string of the molecule is COCCN(Cc1ccco1)C(=O)C1C(C=C(C)C)C1(C)C. The van der Waals surface area contributed by atoms with Gasteiger partial charge in [0.15, 0.2) is 0 Å². The minimum Gasteiger partial charge on any atom is -0.467 e. The first-order valence-corrected chi connectivity index (χ1v) is 7.83. The number of amides is 1. The molecule has 4 nitrogen and oxygen atoms in total. The van der Waals surface area contributed by atoms with Gasteiger partial charge in [0.05, 0.1) is 25.3 Å². The second kappa shape index (κ2) is 6.69. The summed E-state index contributed by atoms with van der Waals surface area (Å²) in [4.78, 5) is 14.8. The summed E-state index contributed by atoms with van der Waals surface area (Å²) < 4.78 is 10.5. The van der Waals surface area contributed by atoms with E-state index < -0.39 is 0 Å². The van der Waals surface area contributed by atoms with Gasteiger partial charge in [-0.2, -0.15) is 0 Å². The van der Waals surface area contributed by atoms with E-state index >= 15 is 0 Å². The van der Waals surface area contributed by atoms with Crippen molar-refractivity contribution < 1.29 is 13.9 Å². The molecule has 1 saturated carbocycles. The van der Waals surface area contributed by atoms with Gasteiger partial charge in [0.2, 0.25) is 5.91 Å². The number of nitrogens with zero attached hydrogens (tertiary/aromatic N) is 1. The molecule has 1 aliphatic carbocycles. The number of carbonyl (C=O) groups excluding carboxylic acids is 1. The van der Waals surface area contributed by atoms with Crippen LogP contribution in [0, 0.1) is 17.3 Å². The van der Waals surface area contributed by atoms with Crippen molar-refractivity contribution in [2.45, 2.75) is 34.2 Å². The van der Waals surface area contributed by atoms with Gasteiger partial charge in [0, 0.05) is 13.7 Å². The van der Waals surface area contributed by atoms with Crippen molar-refractivity contribution in [1.29, 1.82) is 0 Å². The summed E-state index contributed by atoms with van der Waals surface area (Å²) in [5, 5.41) is 0. The Morgan fingerprint density at radius 1 is 1.45 bits per heavy atom. The molecule has 2 atom stereocenters. The van der Waals surface area contributed by atoms with E-state index in [9.17, 15) is 4.79 Å². The maximum Gasteiger partial charge on any atom is 0.227 e. The van der Waals surface area contributed by atoms with E-state index in [1.165, 1.54) is 5.57 Å². The number of furan rings is 1. The Hall–Kier alpha value is -1.55. The van der Waals surface area contributed by atoms with Gasteiger partial charge >= 0.3 is 0 Å². The van der Waals surface area contributed by atoms with Gasteiger partial charge in [-0.15, -0.1) is 0 Å². The first-order chi connectivity index (χ1) is 10.4. The molecular weight excluding hydrogens is 278 g/mol. The average Bonchev–Trinajstić information content (AvgIpc) is 2.82. The number of hydrogen-bond donors (Lipinski definition) is 0. The van der Waals surface area contributed by atoms with Crippen molar-refractivity contribution in [3.05, 3.63) is 35.8 Å². The van der Waals surface area contributed by atoms with Crippen LogP contribution in [0.5, 0.6) is 0 Å². The summed E-state index contributed by atoms with van der Waals surface area (Å²) >= 11 is 0. The van der Waals surface area contributed by atoms with Crippen LogP contribution in [0.15, 0.2) is 34.5 Å².